The SMILES string of the molecule is CN=C(NCCCn1cccn1)NCc1cccc(S(=O)(=O)NC)c1. The minimum absolute atomic E-state index is 0.247. The van der Waals surface area contributed by atoms with Gasteiger partial charge in [-0.05, 0) is 37.2 Å². The maximum atomic E-state index is 11.8. The molecule has 9 heteroatoms. The lowest BCUT2D eigenvalue weighted by Crippen LogP contribution is -2.37. The van der Waals surface area contributed by atoms with Gasteiger partial charge in [-0.3, -0.25) is 9.67 Å². The minimum atomic E-state index is -3.44. The van der Waals surface area contributed by atoms with E-state index in [9.17, 15) is 8.42 Å². The number of guanidine groups is 1. The van der Waals surface area contributed by atoms with Crippen LogP contribution in [-0.2, 0) is 23.1 Å². The van der Waals surface area contributed by atoms with Crippen LogP contribution in [0.2, 0.25) is 0 Å². The summed E-state index contributed by atoms with van der Waals surface area (Å²) in [6, 6.07) is 8.70. The molecule has 0 bridgehead atoms. The largest absolute Gasteiger partial charge is 0.356 e. The van der Waals surface area contributed by atoms with Crippen molar-refractivity contribution < 1.29 is 8.42 Å². The van der Waals surface area contributed by atoms with Crippen LogP contribution >= 0.6 is 0 Å². The highest BCUT2D eigenvalue weighted by Gasteiger charge is 2.11. The van der Waals surface area contributed by atoms with E-state index < -0.39 is 10.0 Å². The zero-order chi connectivity index (χ0) is 18.1. The van der Waals surface area contributed by atoms with E-state index in [0.29, 0.717) is 12.5 Å². The first-order valence-electron chi connectivity index (χ1n) is 7.99. The van der Waals surface area contributed by atoms with Crippen molar-refractivity contribution in [3.05, 3.63) is 48.3 Å². The van der Waals surface area contributed by atoms with Gasteiger partial charge in [-0.2, -0.15) is 5.10 Å². The van der Waals surface area contributed by atoms with E-state index in [1.807, 2.05) is 23.0 Å². The average Bonchev–Trinajstić information content (AvgIpc) is 3.15. The van der Waals surface area contributed by atoms with Crippen LogP contribution in [0.4, 0.5) is 0 Å². The van der Waals surface area contributed by atoms with Crippen LogP contribution in [0.5, 0.6) is 0 Å². The molecule has 1 heterocycles. The Labute approximate surface area is 148 Å². The summed E-state index contributed by atoms with van der Waals surface area (Å²) in [5.41, 5.74) is 0.857. The first-order chi connectivity index (χ1) is 12.0. The van der Waals surface area contributed by atoms with Crippen molar-refractivity contribution in [1.29, 1.82) is 0 Å². The minimum Gasteiger partial charge on any atom is -0.356 e. The standard InChI is InChI=1S/C16H24N6O2S/c1-17-16(19-8-4-10-22-11-5-9-21-22)20-13-14-6-3-7-15(12-14)25(23,24)18-2/h3,5-7,9,11-12,18H,4,8,10,13H2,1-2H3,(H2,17,19,20). The summed E-state index contributed by atoms with van der Waals surface area (Å²) < 4.78 is 27.9. The molecule has 1 aromatic heterocycles. The third kappa shape index (κ3) is 5.87. The molecule has 2 aromatic rings. The molecule has 1 aromatic carbocycles. The molecule has 0 aliphatic heterocycles. The fourth-order valence-corrected chi connectivity index (χ4v) is 3.03. The second kappa shape index (κ2) is 9.19. The van der Waals surface area contributed by atoms with Gasteiger partial charge in [0, 0.05) is 39.1 Å². The van der Waals surface area contributed by atoms with Crippen LogP contribution in [0.15, 0.2) is 52.6 Å². The van der Waals surface area contributed by atoms with Crippen LogP contribution in [0.1, 0.15) is 12.0 Å². The number of nitrogens with one attached hydrogen (secondary N) is 3. The highest BCUT2D eigenvalue weighted by Crippen LogP contribution is 2.10. The summed E-state index contributed by atoms with van der Waals surface area (Å²) in [6.07, 6.45) is 4.61. The Kier molecular flexibility index (Phi) is 6.96. The van der Waals surface area contributed by atoms with Gasteiger partial charge >= 0.3 is 0 Å². The first-order valence-corrected chi connectivity index (χ1v) is 9.48. The lowest BCUT2D eigenvalue weighted by molar-refractivity contribution is 0.570. The number of rotatable bonds is 8. The van der Waals surface area contributed by atoms with E-state index in [2.05, 4.69) is 25.4 Å². The van der Waals surface area contributed by atoms with Crippen molar-refractivity contribution in [2.75, 3.05) is 20.6 Å². The zero-order valence-electron chi connectivity index (χ0n) is 14.4. The zero-order valence-corrected chi connectivity index (χ0v) is 15.3. The molecule has 0 saturated carbocycles. The predicted molar refractivity (Wildman–Crippen MR) is 97.7 cm³/mol. The van der Waals surface area contributed by atoms with Crippen LogP contribution in [-0.4, -0.2) is 44.8 Å². The highest BCUT2D eigenvalue weighted by atomic mass is 32.2. The lowest BCUT2D eigenvalue weighted by Gasteiger charge is -2.12. The Morgan fingerprint density at radius 2 is 2.12 bits per heavy atom. The van der Waals surface area contributed by atoms with E-state index >= 15 is 0 Å². The molecule has 0 spiro atoms. The summed E-state index contributed by atoms with van der Waals surface area (Å²) in [5.74, 6) is 0.669. The number of hydrogen-bond acceptors (Lipinski definition) is 4. The van der Waals surface area contributed by atoms with E-state index in [-0.39, 0.29) is 4.90 Å². The van der Waals surface area contributed by atoms with Gasteiger partial charge in [-0.1, -0.05) is 12.1 Å². The fourth-order valence-electron chi connectivity index (χ4n) is 2.23. The predicted octanol–water partition coefficient (Wildman–Crippen LogP) is 0.546. The summed E-state index contributed by atoms with van der Waals surface area (Å²) >= 11 is 0. The quantitative estimate of drug-likeness (QED) is 0.361. The monoisotopic (exact) mass is 364 g/mol. The van der Waals surface area contributed by atoms with Crippen molar-refractivity contribution in [2.45, 2.75) is 24.4 Å². The molecular formula is C16H24N6O2S. The Morgan fingerprint density at radius 3 is 2.80 bits per heavy atom. The number of hydrogen-bond donors (Lipinski definition) is 3. The van der Waals surface area contributed by atoms with Crippen molar-refractivity contribution in [3.63, 3.8) is 0 Å². The molecule has 0 saturated heterocycles. The Morgan fingerprint density at radius 1 is 1.28 bits per heavy atom. The number of sulfonamides is 1. The van der Waals surface area contributed by atoms with Crippen molar-refractivity contribution >= 4 is 16.0 Å². The summed E-state index contributed by atoms with van der Waals surface area (Å²) in [5, 5.41) is 10.6. The number of benzene rings is 1. The number of aromatic nitrogens is 2. The maximum Gasteiger partial charge on any atom is 0.240 e. The second-order valence-electron chi connectivity index (χ2n) is 5.33. The van der Waals surface area contributed by atoms with Gasteiger partial charge in [0.1, 0.15) is 0 Å². The summed E-state index contributed by atoms with van der Waals surface area (Å²) in [4.78, 5) is 4.41. The molecular weight excluding hydrogens is 340 g/mol. The summed E-state index contributed by atoms with van der Waals surface area (Å²) in [7, 11) is -0.339. The van der Waals surface area contributed by atoms with Gasteiger partial charge in [-0.15, -0.1) is 0 Å². The van der Waals surface area contributed by atoms with Crippen LogP contribution in [0.3, 0.4) is 0 Å². The maximum absolute atomic E-state index is 11.8. The fraction of sp³-hybridized carbons (Fsp3) is 0.375. The molecule has 25 heavy (non-hydrogen) atoms. The van der Waals surface area contributed by atoms with Gasteiger partial charge in [0.2, 0.25) is 10.0 Å². The lowest BCUT2D eigenvalue weighted by atomic mass is 10.2. The number of aliphatic imine (C=N–C) groups is 1. The molecule has 0 fully saturated rings. The van der Waals surface area contributed by atoms with Gasteiger partial charge in [0.05, 0.1) is 4.90 Å². The van der Waals surface area contributed by atoms with Crippen molar-refractivity contribution in [1.82, 2.24) is 25.1 Å². The van der Waals surface area contributed by atoms with Gasteiger partial charge in [0.25, 0.3) is 0 Å². The smallest absolute Gasteiger partial charge is 0.240 e. The van der Waals surface area contributed by atoms with E-state index in [1.54, 1.807) is 31.4 Å². The average molecular weight is 364 g/mol. The third-order valence-electron chi connectivity index (χ3n) is 3.58. The Hall–Kier alpha value is -2.39. The van der Waals surface area contributed by atoms with Crippen molar-refractivity contribution in [3.8, 4) is 0 Å². The molecule has 0 amide bonds. The molecule has 0 unspecified atom stereocenters. The van der Waals surface area contributed by atoms with Crippen LogP contribution in [0.25, 0.3) is 0 Å². The molecule has 8 nitrogen and oxygen atoms in total. The van der Waals surface area contributed by atoms with Crippen molar-refractivity contribution in [2.24, 2.45) is 4.99 Å². The highest BCUT2D eigenvalue weighted by molar-refractivity contribution is 7.89. The topological polar surface area (TPSA) is 100 Å². The third-order valence-corrected chi connectivity index (χ3v) is 4.99. The van der Waals surface area contributed by atoms with Crippen LogP contribution < -0.4 is 15.4 Å². The van der Waals surface area contributed by atoms with E-state index in [0.717, 1.165) is 25.1 Å². The van der Waals surface area contributed by atoms with Gasteiger partial charge < -0.3 is 10.6 Å². The molecule has 0 radical (unpaired) electrons. The Bertz CT molecular complexity index is 787. The van der Waals surface area contributed by atoms with E-state index in [4.69, 9.17) is 0 Å². The molecule has 0 aliphatic rings. The van der Waals surface area contributed by atoms with Gasteiger partial charge in [-0.25, -0.2) is 13.1 Å². The molecule has 2 rings (SSSR count). The molecule has 136 valence electrons. The molecule has 0 atom stereocenters. The van der Waals surface area contributed by atoms with E-state index in [1.165, 1.54) is 7.05 Å². The van der Waals surface area contributed by atoms with Gasteiger partial charge in [0.15, 0.2) is 5.96 Å². The number of aryl methyl sites for hydroxylation is 1. The normalized spacial score (nSPS) is 12.2. The second-order valence-corrected chi connectivity index (χ2v) is 7.22. The van der Waals surface area contributed by atoms with Crippen LogP contribution in [0, 0.1) is 0 Å². The number of nitrogens with zero attached hydrogens (tertiary/aromatic N) is 3. The Balaban J connectivity index is 1.81. The molecule has 0 aliphatic carbocycles. The first kappa shape index (κ1) is 18.9. The molecule has 3 N–H and O–H groups in total. The summed E-state index contributed by atoms with van der Waals surface area (Å²) in [6.45, 7) is 2.07.